The quantitative estimate of drug-likeness (QED) is 0.862. The van der Waals surface area contributed by atoms with Crippen molar-refractivity contribution in [1.29, 1.82) is 0 Å². The number of hydrogen-bond acceptors (Lipinski definition) is 5. The van der Waals surface area contributed by atoms with Crippen molar-refractivity contribution in [3.8, 4) is 0 Å². The van der Waals surface area contributed by atoms with E-state index in [9.17, 15) is 0 Å². The Morgan fingerprint density at radius 3 is 2.65 bits per heavy atom. The second-order valence-electron chi connectivity index (χ2n) is 4.58. The molecule has 2 rings (SSSR count). The van der Waals surface area contributed by atoms with Gasteiger partial charge in [-0.25, -0.2) is 4.98 Å². The molecule has 0 bridgehead atoms. The normalized spacial score (nSPS) is 17.8. The molecule has 1 aromatic heterocycles. The van der Waals surface area contributed by atoms with Crippen molar-refractivity contribution in [1.82, 2.24) is 14.9 Å². The number of rotatable bonds is 2. The molecule has 0 radical (unpaired) electrons. The van der Waals surface area contributed by atoms with Crippen LogP contribution in [0.1, 0.15) is 12.8 Å². The molecule has 5 nitrogen and oxygen atoms in total. The maximum absolute atomic E-state index is 6.10. The molecule has 0 aliphatic carbocycles. The summed E-state index contributed by atoms with van der Waals surface area (Å²) in [7, 11) is 4.24. The SMILES string of the molecule is CN(C)C1CCN(c2nc(N)ncc2Cl)CC1. The Kier molecular flexibility index (Phi) is 3.69. The maximum atomic E-state index is 6.10. The molecule has 0 saturated carbocycles. The Labute approximate surface area is 107 Å². The van der Waals surface area contributed by atoms with Crippen LogP contribution in [0, 0.1) is 0 Å². The van der Waals surface area contributed by atoms with Gasteiger partial charge < -0.3 is 15.5 Å². The van der Waals surface area contributed by atoms with Gasteiger partial charge in [-0.15, -0.1) is 0 Å². The molecule has 2 heterocycles. The summed E-state index contributed by atoms with van der Waals surface area (Å²) in [6.07, 6.45) is 3.80. The smallest absolute Gasteiger partial charge is 0.222 e. The van der Waals surface area contributed by atoms with Crippen LogP contribution < -0.4 is 10.6 Å². The van der Waals surface area contributed by atoms with Crippen LogP contribution in [0.4, 0.5) is 11.8 Å². The first-order valence-electron chi connectivity index (χ1n) is 5.77. The zero-order valence-corrected chi connectivity index (χ0v) is 11.0. The van der Waals surface area contributed by atoms with Crippen LogP contribution in [0.2, 0.25) is 5.02 Å². The lowest BCUT2D eigenvalue weighted by Gasteiger charge is -2.36. The fourth-order valence-corrected chi connectivity index (χ4v) is 2.40. The Morgan fingerprint density at radius 1 is 1.41 bits per heavy atom. The van der Waals surface area contributed by atoms with Gasteiger partial charge in [-0.05, 0) is 26.9 Å². The second kappa shape index (κ2) is 5.06. The van der Waals surface area contributed by atoms with Crippen molar-refractivity contribution in [2.24, 2.45) is 0 Å². The van der Waals surface area contributed by atoms with Gasteiger partial charge in [0, 0.05) is 19.1 Å². The van der Waals surface area contributed by atoms with Gasteiger partial charge in [0.05, 0.1) is 6.20 Å². The molecule has 1 fully saturated rings. The fraction of sp³-hybridized carbons (Fsp3) is 0.636. The summed E-state index contributed by atoms with van der Waals surface area (Å²) in [6.45, 7) is 1.91. The van der Waals surface area contributed by atoms with E-state index >= 15 is 0 Å². The largest absolute Gasteiger partial charge is 0.368 e. The topological polar surface area (TPSA) is 58.3 Å². The summed E-state index contributed by atoms with van der Waals surface area (Å²) in [6, 6.07) is 0.643. The van der Waals surface area contributed by atoms with E-state index in [-0.39, 0.29) is 5.95 Å². The second-order valence-corrected chi connectivity index (χ2v) is 4.99. The molecule has 0 unspecified atom stereocenters. The lowest BCUT2D eigenvalue weighted by atomic mass is 10.0. The first-order chi connectivity index (χ1) is 8.08. The van der Waals surface area contributed by atoms with Gasteiger partial charge in [0.1, 0.15) is 5.02 Å². The van der Waals surface area contributed by atoms with Gasteiger partial charge >= 0.3 is 0 Å². The first-order valence-corrected chi connectivity index (χ1v) is 6.15. The minimum Gasteiger partial charge on any atom is -0.368 e. The molecule has 1 aromatic rings. The zero-order valence-electron chi connectivity index (χ0n) is 10.2. The third-order valence-electron chi connectivity index (χ3n) is 3.24. The van der Waals surface area contributed by atoms with Gasteiger partial charge in [0.2, 0.25) is 5.95 Å². The van der Waals surface area contributed by atoms with Gasteiger partial charge in [-0.1, -0.05) is 11.6 Å². The summed E-state index contributed by atoms with van der Waals surface area (Å²) in [5, 5.41) is 0.572. The Morgan fingerprint density at radius 2 is 2.06 bits per heavy atom. The third kappa shape index (κ3) is 2.79. The molecule has 0 spiro atoms. The van der Waals surface area contributed by atoms with Gasteiger partial charge in [-0.3, -0.25) is 0 Å². The van der Waals surface area contributed by atoms with Gasteiger partial charge in [-0.2, -0.15) is 4.98 Å². The predicted octanol–water partition coefficient (Wildman–Crippen LogP) is 1.24. The van der Waals surface area contributed by atoms with Crippen molar-refractivity contribution in [3.05, 3.63) is 11.2 Å². The number of aromatic nitrogens is 2. The molecule has 94 valence electrons. The molecular weight excluding hydrogens is 238 g/mol. The van der Waals surface area contributed by atoms with Crippen LogP contribution in [0.5, 0.6) is 0 Å². The molecule has 1 aliphatic rings. The minimum absolute atomic E-state index is 0.277. The van der Waals surface area contributed by atoms with Crippen molar-refractivity contribution in [2.45, 2.75) is 18.9 Å². The average Bonchev–Trinajstić information content (AvgIpc) is 2.32. The molecule has 17 heavy (non-hydrogen) atoms. The molecule has 0 atom stereocenters. The van der Waals surface area contributed by atoms with Crippen molar-refractivity contribution >= 4 is 23.4 Å². The summed E-state index contributed by atoms with van der Waals surface area (Å²) < 4.78 is 0. The molecule has 0 amide bonds. The highest BCUT2D eigenvalue weighted by Crippen LogP contribution is 2.26. The summed E-state index contributed by atoms with van der Waals surface area (Å²) in [5.41, 5.74) is 5.59. The number of piperidine rings is 1. The zero-order chi connectivity index (χ0) is 12.4. The van der Waals surface area contributed by atoms with E-state index < -0.39 is 0 Å². The molecular formula is C11H18ClN5. The number of halogens is 1. The molecule has 1 saturated heterocycles. The van der Waals surface area contributed by atoms with E-state index in [0.717, 1.165) is 31.7 Å². The molecule has 2 N–H and O–H groups in total. The highest BCUT2D eigenvalue weighted by Gasteiger charge is 2.23. The average molecular weight is 256 g/mol. The maximum Gasteiger partial charge on any atom is 0.222 e. The Bertz CT molecular complexity index is 387. The number of anilines is 2. The van der Waals surface area contributed by atoms with Gasteiger partial charge in [0.15, 0.2) is 5.82 Å². The van der Waals surface area contributed by atoms with Crippen LogP contribution in [0.15, 0.2) is 6.20 Å². The molecule has 1 aliphatic heterocycles. The van der Waals surface area contributed by atoms with E-state index in [0.29, 0.717) is 11.1 Å². The highest BCUT2D eigenvalue weighted by molar-refractivity contribution is 6.32. The number of nitrogen functional groups attached to an aromatic ring is 1. The van der Waals surface area contributed by atoms with E-state index in [2.05, 4.69) is 33.9 Å². The van der Waals surface area contributed by atoms with E-state index in [1.54, 1.807) is 6.20 Å². The number of nitrogens with zero attached hydrogens (tertiary/aromatic N) is 4. The Hall–Kier alpha value is -1.07. The highest BCUT2D eigenvalue weighted by atomic mass is 35.5. The minimum atomic E-state index is 0.277. The van der Waals surface area contributed by atoms with Crippen LogP contribution in [0.25, 0.3) is 0 Å². The van der Waals surface area contributed by atoms with Crippen LogP contribution >= 0.6 is 11.6 Å². The van der Waals surface area contributed by atoms with Crippen molar-refractivity contribution in [3.63, 3.8) is 0 Å². The number of hydrogen-bond donors (Lipinski definition) is 1. The number of nitrogens with two attached hydrogens (primary N) is 1. The predicted molar refractivity (Wildman–Crippen MR) is 70.4 cm³/mol. The lowest BCUT2D eigenvalue weighted by Crippen LogP contribution is -2.42. The summed E-state index contributed by atoms with van der Waals surface area (Å²) >= 11 is 6.10. The van der Waals surface area contributed by atoms with Crippen molar-refractivity contribution < 1.29 is 0 Å². The third-order valence-corrected chi connectivity index (χ3v) is 3.51. The van der Waals surface area contributed by atoms with E-state index in [4.69, 9.17) is 17.3 Å². The lowest BCUT2D eigenvalue weighted by molar-refractivity contribution is 0.249. The first kappa shape index (κ1) is 12.4. The summed E-state index contributed by atoms with van der Waals surface area (Å²) in [5.74, 6) is 1.04. The fourth-order valence-electron chi connectivity index (χ4n) is 2.19. The monoisotopic (exact) mass is 255 g/mol. The summed E-state index contributed by atoms with van der Waals surface area (Å²) in [4.78, 5) is 12.5. The van der Waals surface area contributed by atoms with Crippen molar-refractivity contribution in [2.75, 3.05) is 37.8 Å². The molecule has 0 aromatic carbocycles. The van der Waals surface area contributed by atoms with E-state index in [1.807, 2.05) is 0 Å². The standard InChI is InChI=1S/C11H18ClN5/c1-16(2)8-3-5-17(6-4-8)10-9(12)7-14-11(13)15-10/h7-8H,3-6H2,1-2H3,(H2,13,14,15). The van der Waals surface area contributed by atoms with Crippen LogP contribution in [0.3, 0.4) is 0 Å². The van der Waals surface area contributed by atoms with Crippen LogP contribution in [-0.4, -0.2) is 48.1 Å². The van der Waals surface area contributed by atoms with E-state index in [1.165, 1.54) is 0 Å². The van der Waals surface area contributed by atoms with Crippen LogP contribution in [-0.2, 0) is 0 Å². The Balaban J connectivity index is 2.07. The van der Waals surface area contributed by atoms with Gasteiger partial charge in [0.25, 0.3) is 0 Å². The molecule has 6 heteroatoms.